The smallest absolute Gasteiger partial charge is 0.138 e. The maximum Gasteiger partial charge on any atom is 0.138 e. The summed E-state index contributed by atoms with van der Waals surface area (Å²) in [6, 6.07) is 56.7. The van der Waals surface area contributed by atoms with Crippen molar-refractivity contribution in [1.29, 1.82) is 0 Å². The molecule has 0 unspecified atom stereocenters. The number of aromatic nitrogens is 3. The molecule has 220 valence electrons. The summed E-state index contributed by atoms with van der Waals surface area (Å²) < 4.78 is 4.70. The van der Waals surface area contributed by atoms with E-state index in [4.69, 9.17) is 4.98 Å². The van der Waals surface area contributed by atoms with Gasteiger partial charge in [0.15, 0.2) is 0 Å². The Morgan fingerprint density at radius 1 is 0.553 bits per heavy atom. The van der Waals surface area contributed by atoms with Crippen molar-refractivity contribution in [2.75, 3.05) is 0 Å². The van der Waals surface area contributed by atoms with Crippen molar-refractivity contribution in [3.8, 4) is 33.9 Å². The van der Waals surface area contributed by atoms with Gasteiger partial charge in [0, 0.05) is 43.8 Å². The topological polar surface area (TPSA) is 22.8 Å². The first-order valence-electron chi connectivity index (χ1n) is 16.2. The molecule has 0 saturated heterocycles. The van der Waals surface area contributed by atoms with E-state index in [-0.39, 0.29) is 5.41 Å². The highest BCUT2D eigenvalue weighted by Gasteiger charge is 2.36. The average molecular weight is 600 g/mol. The molecule has 6 aromatic carbocycles. The highest BCUT2D eigenvalue weighted by Crippen LogP contribution is 2.48. The summed E-state index contributed by atoms with van der Waals surface area (Å²) in [4.78, 5) is 5.29. The number of hydrogen-bond acceptors (Lipinski definition) is 1. The summed E-state index contributed by atoms with van der Waals surface area (Å²) in [5.41, 5.74) is 12.8. The van der Waals surface area contributed by atoms with Gasteiger partial charge in [-0.05, 0) is 77.4 Å². The fourth-order valence-electron chi connectivity index (χ4n) is 7.95. The van der Waals surface area contributed by atoms with Crippen LogP contribution in [0.4, 0.5) is 0 Å². The molecule has 3 nitrogen and oxygen atoms in total. The van der Waals surface area contributed by atoms with Crippen LogP contribution in [-0.4, -0.2) is 14.1 Å². The third kappa shape index (κ3) is 3.61. The quantitative estimate of drug-likeness (QED) is 0.198. The molecule has 0 N–H and O–H groups in total. The molecule has 0 aliphatic heterocycles. The van der Waals surface area contributed by atoms with Crippen LogP contribution in [0.3, 0.4) is 0 Å². The zero-order valence-electron chi connectivity index (χ0n) is 26.1. The Morgan fingerprint density at radius 2 is 1.21 bits per heavy atom. The maximum absolute atomic E-state index is 5.29. The van der Waals surface area contributed by atoms with Gasteiger partial charge in [-0.2, -0.15) is 0 Å². The van der Waals surface area contributed by atoms with Crippen molar-refractivity contribution in [3.05, 3.63) is 163 Å². The van der Waals surface area contributed by atoms with Crippen LogP contribution in [0.2, 0.25) is 0 Å². The van der Waals surface area contributed by atoms with Crippen molar-refractivity contribution < 1.29 is 0 Å². The predicted molar refractivity (Wildman–Crippen MR) is 194 cm³/mol. The molecule has 3 aromatic heterocycles. The van der Waals surface area contributed by atoms with Crippen LogP contribution in [0.25, 0.3) is 77.5 Å². The lowest BCUT2D eigenvalue weighted by molar-refractivity contribution is 0.660. The van der Waals surface area contributed by atoms with Crippen LogP contribution in [0.5, 0.6) is 0 Å². The second-order valence-electron chi connectivity index (χ2n) is 13.1. The molecule has 1 aliphatic carbocycles. The van der Waals surface area contributed by atoms with Crippen molar-refractivity contribution >= 4 is 43.6 Å². The van der Waals surface area contributed by atoms with Gasteiger partial charge in [-0.1, -0.05) is 105 Å². The van der Waals surface area contributed by atoms with E-state index in [0.29, 0.717) is 0 Å². The molecule has 0 radical (unpaired) electrons. The van der Waals surface area contributed by atoms with Gasteiger partial charge in [0.25, 0.3) is 0 Å². The van der Waals surface area contributed by atoms with E-state index < -0.39 is 0 Å². The second kappa shape index (κ2) is 9.45. The Labute approximate surface area is 273 Å². The summed E-state index contributed by atoms with van der Waals surface area (Å²) in [6.07, 6.45) is 0. The molecule has 10 rings (SSSR count). The van der Waals surface area contributed by atoms with E-state index in [0.717, 1.165) is 33.8 Å². The summed E-state index contributed by atoms with van der Waals surface area (Å²) in [6.45, 7) is 4.59. The fourth-order valence-corrected chi connectivity index (χ4v) is 7.95. The van der Waals surface area contributed by atoms with Gasteiger partial charge in [0.2, 0.25) is 0 Å². The van der Waals surface area contributed by atoms with Crippen LogP contribution in [0, 0.1) is 12.1 Å². The molecular weight excluding hydrogens is 571 g/mol. The van der Waals surface area contributed by atoms with E-state index in [1.54, 1.807) is 0 Å². The zero-order chi connectivity index (χ0) is 31.3. The summed E-state index contributed by atoms with van der Waals surface area (Å²) in [5, 5.41) is 4.94. The van der Waals surface area contributed by atoms with Gasteiger partial charge in [0.1, 0.15) is 5.82 Å². The highest BCUT2D eigenvalue weighted by atomic mass is 15.1. The van der Waals surface area contributed by atoms with Crippen molar-refractivity contribution in [2.45, 2.75) is 19.3 Å². The van der Waals surface area contributed by atoms with E-state index in [9.17, 15) is 0 Å². The van der Waals surface area contributed by atoms with E-state index >= 15 is 0 Å². The van der Waals surface area contributed by atoms with Crippen LogP contribution in [0.1, 0.15) is 25.0 Å². The minimum Gasteiger partial charge on any atom is -0.309 e. The first-order chi connectivity index (χ1) is 23.1. The number of para-hydroxylation sites is 3. The van der Waals surface area contributed by atoms with Crippen molar-refractivity contribution in [3.63, 3.8) is 0 Å². The SMILES string of the molecule is CC1(C)c2c#cccc2-c2ccc(-n3c4ccccc4c4ccc(-c5cccc(-n6c7ccccc7c7ccccc76)n5)cc43)cc21. The van der Waals surface area contributed by atoms with Crippen LogP contribution >= 0.6 is 0 Å². The molecule has 1 aliphatic rings. The third-order valence-electron chi connectivity index (χ3n) is 10.2. The van der Waals surface area contributed by atoms with E-state index in [2.05, 4.69) is 169 Å². The number of benzene rings is 5. The molecule has 0 amide bonds. The third-order valence-corrected chi connectivity index (χ3v) is 10.2. The number of pyridine rings is 1. The first-order valence-corrected chi connectivity index (χ1v) is 16.2. The van der Waals surface area contributed by atoms with Gasteiger partial charge in [-0.15, -0.1) is 0 Å². The van der Waals surface area contributed by atoms with E-state index in [1.165, 1.54) is 54.8 Å². The Morgan fingerprint density at radius 3 is 1.94 bits per heavy atom. The normalized spacial score (nSPS) is 13.3. The largest absolute Gasteiger partial charge is 0.309 e. The predicted octanol–water partition coefficient (Wildman–Crippen LogP) is 10.8. The number of rotatable bonds is 3. The molecule has 9 aromatic rings. The minimum atomic E-state index is -0.153. The number of fused-ring (bicyclic) bond motifs is 9. The lowest BCUT2D eigenvalue weighted by Gasteiger charge is -2.21. The fraction of sp³-hybridized carbons (Fsp3) is 0.0682. The zero-order valence-corrected chi connectivity index (χ0v) is 26.1. The minimum absolute atomic E-state index is 0.153. The number of nitrogens with zero attached hydrogens (tertiary/aromatic N) is 3. The molecule has 3 heteroatoms. The average Bonchev–Trinajstić information content (AvgIpc) is 3.71. The standard InChI is InChI=1S/C44H29N3/c1-44(2)36-16-7-3-12-30(36)31-25-23-29(27-37(31)44)46-39-18-8-4-15-34(39)35-24-22-28(26-42(35)46)38-17-11-21-43(45-38)47-40-19-9-5-13-32(40)33-14-6-10-20-41(33)47/h3-6,8-15,17-27H,1-2H3. The molecular formula is C44H29N3. The maximum atomic E-state index is 5.29. The van der Waals surface area contributed by atoms with Gasteiger partial charge in [-0.3, -0.25) is 4.57 Å². The lowest BCUT2D eigenvalue weighted by atomic mass is 9.83. The Bertz CT molecular complexity index is 2670. The molecule has 0 spiro atoms. The lowest BCUT2D eigenvalue weighted by Crippen LogP contribution is -2.15. The molecule has 3 heterocycles. The van der Waals surface area contributed by atoms with Gasteiger partial charge in [-0.25, -0.2) is 4.98 Å². The summed E-state index contributed by atoms with van der Waals surface area (Å²) in [5.74, 6) is 0.912. The second-order valence-corrected chi connectivity index (χ2v) is 13.1. The Hall–Kier alpha value is -6.11. The Kier molecular flexibility index (Phi) is 5.26. The van der Waals surface area contributed by atoms with Crippen molar-refractivity contribution in [1.82, 2.24) is 14.1 Å². The summed E-state index contributed by atoms with van der Waals surface area (Å²) in [7, 11) is 0. The van der Waals surface area contributed by atoms with Crippen LogP contribution in [-0.2, 0) is 5.41 Å². The van der Waals surface area contributed by atoms with Crippen LogP contribution < -0.4 is 0 Å². The first kappa shape index (κ1) is 26.1. The monoisotopic (exact) mass is 599 g/mol. The number of hydrogen-bond donors (Lipinski definition) is 0. The molecule has 0 atom stereocenters. The molecule has 0 fully saturated rings. The highest BCUT2D eigenvalue weighted by molar-refractivity contribution is 6.11. The van der Waals surface area contributed by atoms with Gasteiger partial charge in [0.05, 0.1) is 27.8 Å². The van der Waals surface area contributed by atoms with Gasteiger partial charge >= 0.3 is 0 Å². The van der Waals surface area contributed by atoms with Crippen molar-refractivity contribution in [2.24, 2.45) is 0 Å². The molecule has 47 heavy (non-hydrogen) atoms. The van der Waals surface area contributed by atoms with E-state index in [1.807, 2.05) is 6.07 Å². The van der Waals surface area contributed by atoms with Crippen LogP contribution in [0.15, 0.2) is 140 Å². The summed E-state index contributed by atoms with van der Waals surface area (Å²) >= 11 is 0. The van der Waals surface area contributed by atoms with Gasteiger partial charge < -0.3 is 4.57 Å². The molecule has 0 saturated carbocycles. The Balaban J connectivity index is 1.17. The molecule has 0 bridgehead atoms.